The third-order valence-corrected chi connectivity index (χ3v) is 3.30. The minimum Gasteiger partial charge on any atom is -1.00 e. The van der Waals surface area contributed by atoms with Crippen molar-refractivity contribution in [2.45, 2.75) is 13.3 Å². The van der Waals surface area contributed by atoms with Gasteiger partial charge in [0.05, 0.1) is 10.7 Å². The second-order valence-corrected chi connectivity index (χ2v) is 4.73. The molecule has 3 aromatic rings. The highest BCUT2D eigenvalue weighted by Crippen LogP contribution is 2.21. The van der Waals surface area contributed by atoms with Crippen LogP contribution in [0.5, 0.6) is 0 Å². The summed E-state index contributed by atoms with van der Waals surface area (Å²) in [6.07, 6.45) is 4.93. The molecule has 98 valence electrons. The monoisotopic (exact) mass is 335 g/mol. The molecule has 19 heavy (non-hydrogen) atoms. The van der Waals surface area contributed by atoms with Crippen molar-refractivity contribution >= 4 is 17.2 Å². The van der Waals surface area contributed by atoms with E-state index in [2.05, 4.69) is 36.2 Å². The molecular formula is C15H13BrClN2-. The summed E-state index contributed by atoms with van der Waals surface area (Å²) >= 11 is 5.96. The second kappa shape index (κ2) is 5.76. The molecule has 0 spiro atoms. The van der Waals surface area contributed by atoms with Gasteiger partial charge in [-0.15, -0.1) is 0 Å². The summed E-state index contributed by atoms with van der Waals surface area (Å²) in [5.74, 6) is 0. The summed E-state index contributed by atoms with van der Waals surface area (Å²) in [5.41, 5.74) is 4.35. The number of aryl methyl sites for hydroxylation is 1. The van der Waals surface area contributed by atoms with Crippen molar-refractivity contribution < 1.29 is 17.0 Å². The molecule has 0 amide bonds. The maximum absolute atomic E-state index is 5.96. The van der Waals surface area contributed by atoms with E-state index in [0.29, 0.717) is 5.02 Å². The minimum atomic E-state index is 0. The predicted octanol–water partition coefficient (Wildman–Crippen LogP) is 1.22. The molecule has 4 heteroatoms. The average Bonchev–Trinajstić information content (AvgIpc) is 2.81. The van der Waals surface area contributed by atoms with E-state index in [4.69, 9.17) is 11.6 Å². The third kappa shape index (κ3) is 2.82. The van der Waals surface area contributed by atoms with Crippen LogP contribution in [0.1, 0.15) is 12.5 Å². The molecule has 0 aliphatic rings. The van der Waals surface area contributed by atoms with E-state index in [0.717, 1.165) is 23.3 Å². The summed E-state index contributed by atoms with van der Waals surface area (Å²) in [6, 6.07) is 12.3. The lowest BCUT2D eigenvalue weighted by Crippen LogP contribution is -3.00. The molecule has 0 fully saturated rings. The fourth-order valence-corrected chi connectivity index (χ4v) is 2.18. The highest BCUT2D eigenvalue weighted by Gasteiger charge is 2.04. The molecule has 0 unspecified atom stereocenters. The number of nitrogens with zero attached hydrogens (tertiary/aromatic N) is 2. The zero-order valence-corrected chi connectivity index (χ0v) is 12.8. The van der Waals surface area contributed by atoms with Gasteiger partial charge >= 0.3 is 0 Å². The number of fused-ring (bicyclic) bond motifs is 1. The minimum absolute atomic E-state index is 0. The van der Waals surface area contributed by atoms with Gasteiger partial charge in [-0.1, -0.05) is 42.8 Å². The number of hydrogen-bond donors (Lipinski definition) is 0. The average molecular weight is 337 g/mol. The Morgan fingerprint density at radius 1 is 1.05 bits per heavy atom. The maximum Gasteiger partial charge on any atom is 0.137 e. The van der Waals surface area contributed by atoms with Crippen LogP contribution in [0.3, 0.4) is 0 Å². The van der Waals surface area contributed by atoms with Crippen molar-refractivity contribution in [3.8, 4) is 11.3 Å². The van der Waals surface area contributed by atoms with Crippen LogP contribution in [0, 0.1) is 0 Å². The molecule has 2 aromatic heterocycles. The third-order valence-electron chi connectivity index (χ3n) is 3.07. The largest absolute Gasteiger partial charge is 1.00 e. The SMILES string of the molecule is CCc1ccc(-c2cn3cc(Cl)ccc3n2)cc1.[Br-]. The molecule has 0 aliphatic carbocycles. The van der Waals surface area contributed by atoms with Gasteiger partial charge in [-0.05, 0) is 24.1 Å². The highest BCUT2D eigenvalue weighted by molar-refractivity contribution is 6.30. The Hall–Kier alpha value is -1.32. The molecule has 2 nitrogen and oxygen atoms in total. The molecule has 0 bridgehead atoms. The van der Waals surface area contributed by atoms with Gasteiger partial charge < -0.3 is 21.4 Å². The van der Waals surface area contributed by atoms with Crippen molar-refractivity contribution in [2.24, 2.45) is 0 Å². The van der Waals surface area contributed by atoms with Crippen LogP contribution in [0.4, 0.5) is 0 Å². The van der Waals surface area contributed by atoms with E-state index >= 15 is 0 Å². The number of benzene rings is 1. The standard InChI is InChI=1S/C15H13ClN2.BrH/c1-2-11-3-5-12(6-4-11)14-10-18-9-13(16)7-8-15(18)17-14;/h3-10H,2H2,1H3;1H/p-1. The molecule has 2 heterocycles. The van der Waals surface area contributed by atoms with Gasteiger partial charge in [0.15, 0.2) is 0 Å². The van der Waals surface area contributed by atoms with E-state index in [1.807, 2.05) is 28.9 Å². The fourth-order valence-electron chi connectivity index (χ4n) is 2.01. The van der Waals surface area contributed by atoms with Gasteiger partial charge in [-0.3, -0.25) is 0 Å². The molecule has 0 N–H and O–H groups in total. The normalized spacial score (nSPS) is 10.4. The van der Waals surface area contributed by atoms with Crippen LogP contribution in [-0.2, 0) is 6.42 Å². The summed E-state index contributed by atoms with van der Waals surface area (Å²) in [6.45, 7) is 2.15. The number of hydrogen-bond acceptors (Lipinski definition) is 1. The lowest BCUT2D eigenvalue weighted by Gasteiger charge is -1.98. The van der Waals surface area contributed by atoms with Crippen LogP contribution in [0.2, 0.25) is 5.02 Å². The zero-order chi connectivity index (χ0) is 12.5. The van der Waals surface area contributed by atoms with Crippen LogP contribution in [0.15, 0.2) is 48.8 Å². The van der Waals surface area contributed by atoms with Crippen LogP contribution in [-0.4, -0.2) is 9.38 Å². The number of halogens is 2. The van der Waals surface area contributed by atoms with E-state index in [1.165, 1.54) is 5.56 Å². The Morgan fingerprint density at radius 3 is 2.47 bits per heavy atom. The Bertz CT molecular complexity index is 689. The summed E-state index contributed by atoms with van der Waals surface area (Å²) in [4.78, 5) is 4.58. The molecule has 0 atom stereocenters. The predicted molar refractivity (Wildman–Crippen MR) is 75.0 cm³/mol. The topological polar surface area (TPSA) is 17.3 Å². The molecule has 0 saturated carbocycles. The first kappa shape index (κ1) is 14.1. The van der Waals surface area contributed by atoms with E-state index in [1.54, 1.807) is 0 Å². The Balaban J connectivity index is 0.00000133. The smallest absolute Gasteiger partial charge is 0.137 e. The maximum atomic E-state index is 5.96. The van der Waals surface area contributed by atoms with Gasteiger partial charge in [-0.2, -0.15) is 0 Å². The van der Waals surface area contributed by atoms with Gasteiger partial charge in [0.1, 0.15) is 5.65 Å². The lowest BCUT2D eigenvalue weighted by molar-refractivity contribution is -0.00000361. The molecule has 0 saturated heterocycles. The number of rotatable bonds is 2. The number of aromatic nitrogens is 2. The summed E-state index contributed by atoms with van der Waals surface area (Å²) in [5, 5.41) is 0.716. The van der Waals surface area contributed by atoms with Crippen molar-refractivity contribution in [1.29, 1.82) is 0 Å². The van der Waals surface area contributed by atoms with Crippen LogP contribution < -0.4 is 17.0 Å². The van der Waals surface area contributed by atoms with Gasteiger partial charge in [0, 0.05) is 18.0 Å². The van der Waals surface area contributed by atoms with Crippen molar-refractivity contribution in [3.63, 3.8) is 0 Å². The molecule has 3 rings (SSSR count). The zero-order valence-electron chi connectivity index (χ0n) is 10.5. The van der Waals surface area contributed by atoms with Crippen LogP contribution >= 0.6 is 11.6 Å². The molecule has 1 aromatic carbocycles. The van der Waals surface area contributed by atoms with Gasteiger partial charge in [0.25, 0.3) is 0 Å². The van der Waals surface area contributed by atoms with Gasteiger partial charge in [-0.25, -0.2) is 4.98 Å². The molecule has 0 aliphatic heterocycles. The quantitative estimate of drug-likeness (QED) is 0.688. The summed E-state index contributed by atoms with van der Waals surface area (Å²) < 4.78 is 1.95. The number of pyridine rings is 1. The summed E-state index contributed by atoms with van der Waals surface area (Å²) in [7, 11) is 0. The van der Waals surface area contributed by atoms with E-state index in [9.17, 15) is 0 Å². The Labute approximate surface area is 127 Å². The first-order chi connectivity index (χ1) is 8.76. The van der Waals surface area contributed by atoms with Gasteiger partial charge in [0.2, 0.25) is 0 Å². The second-order valence-electron chi connectivity index (χ2n) is 4.29. The van der Waals surface area contributed by atoms with Crippen molar-refractivity contribution in [3.05, 3.63) is 59.4 Å². The van der Waals surface area contributed by atoms with Crippen LogP contribution in [0.25, 0.3) is 16.9 Å². The Kier molecular flexibility index (Phi) is 4.27. The fraction of sp³-hybridized carbons (Fsp3) is 0.133. The molecular weight excluding hydrogens is 324 g/mol. The number of imidazole rings is 1. The first-order valence-corrected chi connectivity index (χ1v) is 6.37. The highest BCUT2D eigenvalue weighted by atomic mass is 79.9. The Morgan fingerprint density at radius 2 is 1.79 bits per heavy atom. The van der Waals surface area contributed by atoms with E-state index in [-0.39, 0.29) is 17.0 Å². The molecule has 0 radical (unpaired) electrons. The van der Waals surface area contributed by atoms with Crippen molar-refractivity contribution in [2.75, 3.05) is 0 Å². The van der Waals surface area contributed by atoms with Crippen molar-refractivity contribution in [1.82, 2.24) is 9.38 Å². The lowest BCUT2D eigenvalue weighted by atomic mass is 10.1. The first-order valence-electron chi connectivity index (χ1n) is 6.00. The van der Waals surface area contributed by atoms with E-state index < -0.39 is 0 Å².